The third-order valence-corrected chi connectivity index (χ3v) is 8.72. The van der Waals surface area contributed by atoms with E-state index in [1.54, 1.807) is 6.92 Å². The Balaban J connectivity index is 1.42. The molecule has 5 N–H and O–H groups in total. The number of carboxylic acids is 1. The van der Waals surface area contributed by atoms with Crippen LogP contribution < -0.4 is 11.1 Å². The summed E-state index contributed by atoms with van der Waals surface area (Å²) in [6.07, 6.45) is 0. The molecule has 2 aromatic heterocycles. The van der Waals surface area contributed by atoms with E-state index in [0.717, 1.165) is 23.1 Å². The zero-order chi connectivity index (χ0) is 26.6. The van der Waals surface area contributed by atoms with Gasteiger partial charge in [-0.1, -0.05) is 16.9 Å². The predicted molar refractivity (Wildman–Crippen MR) is 131 cm³/mol. The lowest BCUT2D eigenvalue weighted by Gasteiger charge is -2.53. The molecule has 4 rings (SSSR count). The van der Waals surface area contributed by atoms with Crippen molar-refractivity contribution < 1.29 is 33.9 Å². The Hall–Kier alpha value is -3.45. The summed E-state index contributed by atoms with van der Waals surface area (Å²) in [5.41, 5.74) is 4.27. The maximum Gasteiger partial charge on any atom is 0.347 e. The Morgan fingerprint density at radius 3 is 2.92 bits per heavy atom. The van der Waals surface area contributed by atoms with Gasteiger partial charge in [-0.15, -0.1) is 28.2 Å². The van der Waals surface area contributed by atoms with E-state index >= 15 is 0 Å². The third kappa shape index (κ3) is 5.77. The monoisotopic (exact) mass is 571 g/mol. The number of thiazole rings is 1. The molecule has 198 valence electrons. The number of nitrogens with zero attached hydrogens (tertiary/aromatic N) is 6. The Labute approximate surface area is 221 Å². The summed E-state index contributed by atoms with van der Waals surface area (Å²) in [6, 6.07) is -0.915. The Morgan fingerprint density at radius 2 is 2.27 bits per heavy atom. The smallest absolute Gasteiger partial charge is 0.347 e. The second-order valence-electron chi connectivity index (χ2n) is 7.79. The number of esters is 1. The maximum absolute atomic E-state index is 13.0. The van der Waals surface area contributed by atoms with Crippen LogP contribution in [-0.2, 0) is 28.8 Å². The molecule has 0 aromatic carbocycles. The number of nitrogen functional groups attached to an aromatic ring is 1. The van der Waals surface area contributed by atoms with Crippen molar-refractivity contribution in [2.45, 2.75) is 23.5 Å². The first-order chi connectivity index (χ1) is 17.7. The number of fused-ring (bicyclic) bond motifs is 1. The molecular weight excluding hydrogens is 550 g/mol. The number of carboxylic acid groups (broad SMARTS) is 1. The number of nitrogens with two attached hydrogens (primary N) is 1. The number of oxime groups is 1. The fraction of sp³-hybridized carbons (Fsp3) is 0.500. The molecule has 2 unspecified atom stereocenters. The van der Waals surface area contributed by atoms with E-state index in [9.17, 15) is 24.3 Å². The summed E-state index contributed by atoms with van der Waals surface area (Å²) < 4.78 is 4.76. The van der Waals surface area contributed by atoms with E-state index in [0.29, 0.717) is 5.16 Å². The van der Waals surface area contributed by atoms with Crippen molar-refractivity contribution in [3.63, 3.8) is 0 Å². The number of thioether (sulfide) groups is 2. The summed E-state index contributed by atoms with van der Waals surface area (Å²) in [5.74, 6) is -2.59. The number of aromatic nitrogens is 5. The zero-order valence-electron chi connectivity index (χ0n) is 19.1. The van der Waals surface area contributed by atoms with Gasteiger partial charge in [0.1, 0.15) is 22.5 Å². The molecule has 2 fully saturated rings. The van der Waals surface area contributed by atoms with Crippen molar-refractivity contribution in [1.82, 2.24) is 35.8 Å². The van der Waals surface area contributed by atoms with Gasteiger partial charge in [0.15, 0.2) is 10.8 Å². The number of hydrogen-bond acceptors (Lipinski definition) is 15. The Bertz CT molecular complexity index is 1210. The van der Waals surface area contributed by atoms with Gasteiger partial charge < -0.3 is 30.6 Å². The molecule has 0 spiro atoms. The third-order valence-electron chi connectivity index (χ3n) is 5.32. The van der Waals surface area contributed by atoms with E-state index in [1.807, 2.05) is 0 Å². The Kier molecular flexibility index (Phi) is 8.13. The molecule has 3 atom stereocenters. The lowest BCUT2D eigenvalue weighted by Crippen LogP contribution is -2.74. The van der Waals surface area contributed by atoms with Gasteiger partial charge >= 0.3 is 11.9 Å². The van der Waals surface area contributed by atoms with E-state index in [2.05, 4.69) is 36.1 Å². The number of carbonyl (C=O) groups is 4. The van der Waals surface area contributed by atoms with Gasteiger partial charge in [-0.2, -0.15) is 0 Å². The van der Waals surface area contributed by atoms with Gasteiger partial charge in [-0.3, -0.25) is 14.4 Å². The highest BCUT2D eigenvalue weighted by molar-refractivity contribution is 8.00. The van der Waals surface area contributed by atoms with Gasteiger partial charge in [0.25, 0.3) is 5.91 Å². The quantitative estimate of drug-likeness (QED) is 0.0815. The van der Waals surface area contributed by atoms with Crippen molar-refractivity contribution in [3.8, 4) is 0 Å². The number of aromatic amines is 1. The van der Waals surface area contributed by atoms with Gasteiger partial charge in [0.05, 0.1) is 6.61 Å². The SMILES string of the molecule is CCOC(=O)CON=C(C(=O)NC1C(=O)N2CC(CSc3nnn[nH]3)(C(=O)O)CS[C@H]12)c1csc(N)n1. The van der Waals surface area contributed by atoms with Crippen molar-refractivity contribution >= 4 is 69.5 Å². The van der Waals surface area contributed by atoms with E-state index < -0.39 is 47.2 Å². The van der Waals surface area contributed by atoms with E-state index in [1.165, 1.54) is 22.0 Å². The van der Waals surface area contributed by atoms with Crippen molar-refractivity contribution in [2.24, 2.45) is 10.6 Å². The number of hydrogen-bond donors (Lipinski definition) is 4. The zero-order valence-corrected chi connectivity index (χ0v) is 21.6. The fourth-order valence-corrected chi connectivity index (χ4v) is 6.64. The standard InChI is InChI=1S/C18H21N9O7S3/c1-2-33-9(28)3-34-24-10(8-4-35-16(19)20-8)12(29)21-11-13(30)27-5-18(15(31)32,6-36-14(11)27)7-37-17-22-25-26-23-17/h4,11,14H,2-3,5-7H2,1H3,(H2,19,20)(H,21,29)(H,31,32)(H,22,23,25,26)/t11?,14-,18?/m1/s1. The van der Waals surface area contributed by atoms with Crippen LogP contribution in [-0.4, -0.2) is 108 Å². The number of H-pyrrole nitrogens is 1. The number of tetrazole rings is 1. The minimum Gasteiger partial charge on any atom is -0.481 e. The van der Waals surface area contributed by atoms with Crippen LogP contribution in [0.25, 0.3) is 0 Å². The first-order valence-corrected chi connectivity index (χ1v) is 13.6. The largest absolute Gasteiger partial charge is 0.481 e. The van der Waals surface area contributed by atoms with Crippen molar-refractivity contribution in [1.29, 1.82) is 0 Å². The van der Waals surface area contributed by atoms with Crippen molar-refractivity contribution in [2.75, 3.05) is 37.0 Å². The summed E-state index contributed by atoms with van der Waals surface area (Å²) in [4.78, 5) is 60.0. The van der Waals surface area contributed by atoms with Crippen LogP contribution in [0.4, 0.5) is 5.13 Å². The van der Waals surface area contributed by atoms with Crippen LogP contribution in [0.1, 0.15) is 12.6 Å². The summed E-state index contributed by atoms with van der Waals surface area (Å²) in [5, 5.41) is 31.0. The fourth-order valence-electron chi connectivity index (χ4n) is 3.49. The van der Waals surface area contributed by atoms with Crippen molar-refractivity contribution in [3.05, 3.63) is 11.1 Å². The number of ether oxygens (including phenoxy) is 1. The first-order valence-electron chi connectivity index (χ1n) is 10.6. The van der Waals surface area contributed by atoms with Crippen LogP contribution in [0.15, 0.2) is 15.7 Å². The molecule has 2 saturated heterocycles. The topological polar surface area (TPSA) is 228 Å². The highest BCUT2D eigenvalue weighted by Crippen LogP contribution is 2.44. The number of anilines is 1. The molecule has 19 heteroatoms. The molecular formula is C18H21N9O7S3. The van der Waals surface area contributed by atoms with Crippen LogP contribution in [0.3, 0.4) is 0 Å². The van der Waals surface area contributed by atoms with Gasteiger partial charge in [-0.25, -0.2) is 14.9 Å². The summed E-state index contributed by atoms with van der Waals surface area (Å²) >= 11 is 3.46. The predicted octanol–water partition coefficient (Wildman–Crippen LogP) is -1.21. The molecule has 0 aliphatic carbocycles. The first kappa shape index (κ1) is 26.6. The Morgan fingerprint density at radius 1 is 1.46 bits per heavy atom. The number of rotatable bonds is 11. The molecule has 2 aliphatic rings. The van der Waals surface area contributed by atoms with E-state index in [-0.39, 0.29) is 41.2 Å². The lowest BCUT2D eigenvalue weighted by molar-refractivity contribution is -0.157. The van der Waals surface area contributed by atoms with Crippen LogP contribution in [0.2, 0.25) is 0 Å². The molecule has 2 aromatic rings. The number of carbonyl (C=O) groups excluding carboxylic acids is 3. The molecule has 0 radical (unpaired) electrons. The molecule has 2 aliphatic heterocycles. The molecule has 16 nitrogen and oxygen atoms in total. The maximum atomic E-state index is 13.0. The van der Waals surface area contributed by atoms with Gasteiger partial charge in [0.2, 0.25) is 17.7 Å². The van der Waals surface area contributed by atoms with Crippen LogP contribution in [0.5, 0.6) is 0 Å². The number of β-lactam (4-membered cyclic amide) rings is 1. The molecule has 0 saturated carbocycles. The second kappa shape index (κ2) is 11.3. The molecule has 2 amide bonds. The van der Waals surface area contributed by atoms with E-state index in [4.69, 9.17) is 15.3 Å². The van der Waals surface area contributed by atoms with Crippen LogP contribution >= 0.6 is 34.9 Å². The minimum atomic E-state index is -1.23. The summed E-state index contributed by atoms with van der Waals surface area (Å²) in [7, 11) is 0. The van der Waals surface area contributed by atoms with Gasteiger partial charge in [0, 0.05) is 23.4 Å². The second-order valence-corrected chi connectivity index (χ2v) is 10.7. The average molecular weight is 572 g/mol. The number of amides is 2. The normalized spacial score (nSPS) is 23.1. The highest BCUT2D eigenvalue weighted by Gasteiger charge is 2.57. The van der Waals surface area contributed by atoms with Gasteiger partial charge in [-0.05, 0) is 17.4 Å². The lowest BCUT2D eigenvalue weighted by atomic mass is 9.89. The summed E-state index contributed by atoms with van der Waals surface area (Å²) in [6.45, 7) is 1.22. The average Bonchev–Trinajstić information content (AvgIpc) is 3.55. The highest BCUT2D eigenvalue weighted by atomic mass is 32.2. The number of nitrogens with one attached hydrogen (secondary N) is 2. The minimum absolute atomic E-state index is 0.0357. The molecule has 37 heavy (non-hydrogen) atoms. The number of aliphatic carboxylic acids is 1. The molecule has 0 bridgehead atoms. The van der Waals surface area contributed by atoms with Crippen LogP contribution in [0, 0.1) is 5.41 Å². The molecule has 4 heterocycles.